The molecule has 4 nitrogen and oxygen atoms in total. The summed E-state index contributed by atoms with van der Waals surface area (Å²) in [6, 6.07) is 10.6. The summed E-state index contributed by atoms with van der Waals surface area (Å²) in [5.74, 6) is -1.20. The van der Waals surface area contributed by atoms with Crippen LogP contribution in [0, 0.1) is 5.92 Å². The molecule has 2 amide bonds. The van der Waals surface area contributed by atoms with E-state index in [2.05, 4.69) is 10.6 Å². The lowest BCUT2D eigenvalue weighted by molar-refractivity contribution is -0.138. The van der Waals surface area contributed by atoms with E-state index in [0.29, 0.717) is 24.9 Å². The molecule has 2 aromatic rings. The first kappa shape index (κ1) is 17.6. The third-order valence-electron chi connectivity index (χ3n) is 5.06. The molecular formula is C20H17F3N2O2. The Morgan fingerprint density at radius 2 is 1.89 bits per heavy atom. The molecule has 0 aromatic heterocycles. The van der Waals surface area contributed by atoms with Crippen LogP contribution < -0.4 is 10.6 Å². The minimum Gasteiger partial charge on any atom is -0.326 e. The first-order valence-corrected chi connectivity index (χ1v) is 8.72. The van der Waals surface area contributed by atoms with Gasteiger partial charge in [0.1, 0.15) is 0 Å². The van der Waals surface area contributed by atoms with Crippen molar-refractivity contribution in [1.82, 2.24) is 0 Å². The van der Waals surface area contributed by atoms with Crippen molar-refractivity contribution in [3.05, 3.63) is 59.2 Å². The van der Waals surface area contributed by atoms with Crippen molar-refractivity contribution in [2.75, 3.05) is 10.6 Å². The second-order valence-corrected chi connectivity index (χ2v) is 6.94. The zero-order chi connectivity index (χ0) is 19.2. The number of rotatable bonds is 3. The van der Waals surface area contributed by atoms with Gasteiger partial charge in [-0.2, -0.15) is 13.2 Å². The molecule has 2 aliphatic rings. The number of amides is 2. The first-order valence-electron chi connectivity index (χ1n) is 8.72. The van der Waals surface area contributed by atoms with Crippen LogP contribution in [0.15, 0.2) is 42.5 Å². The highest BCUT2D eigenvalue weighted by molar-refractivity contribution is 5.97. The van der Waals surface area contributed by atoms with Gasteiger partial charge in [0.25, 0.3) is 0 Å². The molecule has 1 aliphatic heterocycles. The lowest BCUT2D eigenvalue weighted by Crippen LogP contribution is -2.20. The molecule has 2 atom stereocenters. The van der Waals surface area contributed by atoms with Crippen molar-refractivity contribution in [1.29, 1.82) is 0 Å². The van der Waals surface area contributed by atoms with Gasteiger partial charge in [0.05, 0.1) is 5.56 Å². The molecule has 0 unspecified atom stereocenters. The Hall–Kier alpha value is -2.83. The standard InChI is InChI=1S/C20H17F3N2O2/c21-20(22,23)16-4-2-1-3-13(16)14-10-15(14)19(27)24-12-6-7-17-11(9-12)5-8-18(26)25-17/h1-4,6-7,9,14-15H,5,8,10H2,(H,24,27)(H,25,26)/t14-,15-/m0/s1. The average Bonchev–Trinajstić information content (AvgIpc) is 3.42. The minimum atomic E-state index is -4.43. The van der Waals surface area contributed by atoms with Gasteiger partial charge in [-0.1, -0.05) is 18.2 Å². The smallest absolute Gasteiger partial charge is 0.326 e. The van der Waals surface area contributed by atoms with Crippen LogP contribution in [0.25, 0.3) is 0 Å². The summed E-state index contributed by atoms with van der Waals surface area (Å²) in [6.45, 7) is 0. The molecule has 1 heterocycles. The molecule has 27 heavy (non-hydrogen) atoms. The molecule has 0 bridgehead atoms. The summed E-state index contributed by atoms with van der Waals surface area (Å²) in [7, 11) is 0. The zero-order valence-corrected chi connectivity index (χ0v) is 14.3. The lowest BCUT2D eigenvalue weighted by atomic mass is 10.0. The summed E-state index contributed by atoms with van der Waals surface area (Å²) in [6.07, 6.45) is -3.04. The van der Waals surface area contributed by atoms with Crippen molar-refractivity contribution in [3.8, 4) is 0 Å². The number of halogens is 3. The van der Waals surface area contributed by atoms with Crippen LogP contribution in [0.2, 0.25) is 0 Å². The number of fused-ring (bicyclic) bond motifs is 1. The highest BCUT2D eigenvalue weighted by Crippen LogP contribution is 2.51. The normalized spacial score (nSPS) is 21.2. The second-order valence-electron chi connectivity index (χ2n) is 6.94. The summed E-state index contributed by atoms with van der Waals surface area (Å²) >= 11 is 0. The van der Waals surface area contributed by atoms with Crippen LogP contribution in [0.3, 0.4) is 0 Å². The molecule has 0 saturated heterocycles. The average molecular weight is 374 g/mol. The SMILES string of the molecule is O=C1CCc2cc(NC(=O)[C@H]3C[C@H]3c3ccccc3C(F)(F)F)ccc2N1. The molecule has 140 valence electrons. The topological polar surface area (TPSA) is 58.2 Å². The number of anilines is 2. The monoisotopic (exact) mass is 374 g/mol. The van der Waals surface area contributed by atoms with Crippen molar-refractivity contribution >= 4 is 23.2 Å². The number of alkyl halides is 3. The van der Waals surface area contributed by atoms with Crippen molar-refractivity contribution in [2.45, 2.75) is 31.4 Å². The largest absolute Gasteiger partial charge is 0.416 e. The minimum absolute atomic E-state index is 0.0385. The maximum absolute atomic E-state index is 13.2. The second kappa shape index (κ2) is 6.40. The summed E-state index contributed by atoms with van der Waals surface area (Å²) in [5, 5.41) is 5.56. The van der Waals surface area contributed by atoms with Gasteiger partial charge in [-0.25, -0.2) is 0 Å². The van der Waals surface area contributed by atoms with Crippen LogP contribution in [0.5, 0.6) is 0 Å². The van der Waals surface area contributed by atoms with Gasteiger partial charge in [-0.3, -0.25) is 9.59 Å². The van der Waals surface area contributed by atoms with Gasteiger partial charge >= 0.3 is 6.18 Å². The van der Waals surface area contributed by atoms with Crippen molar-refractivity contribution < 1.29 is 22.8 Å². The summed E-state index contributed by atoms with van der Waals surface area (Å²) < 4.78 is 39.5. The maximum Gasteiger partial charge on any atom is 0.416 e. The predicted molar refractivity (Wildman–Crippen MR) is 94.3 cm³/mol. The highest BCUT2D eigenvalue weighted by Gasteiger charge is 2.47. The number of hydrogen-bond acceptors (Lipinski definition) is 2. The van der Waals surface area contributed by atoms with Gasteiger partial charge < -0.3 is 10.6 Å². The van der Waals surface area contributed by atoms with Crippen molar-refractivity contribution in [2.24, 2.45) is 5.92 Å². The first-order chi connectivity index (χ1) is 12.8. The third kappa shape index (κ3) is 3.54. The maximum atomic E-state index is 13.2. The highest BCUT2D eigenvalue weighted by atomic mass is 19.4. The molecule has 0 radical (unpaired) electrons. The van der Waals surface area contributed by atoms with E-state index in [4.69, 9.17) is 0 Å². The van der Waals surface area contributed by atoms with Gasteiger partial charge in [-0.05, 0) is 54.2 Å². The van der Waals surface area contributed by atoms with Gasteiger partial charge in [0, 0.05) is 23.7 Å². The van der Waals surface area contributed by atoms with Gasteiger partial charge in [0.15, 0.2) is 0 Å². The fourth-order valence-electron chi connectivity index (χ4n) is 3.60. The Balaban J connectivity index is 1.47. The number of benzene rings is 2. The van der Waals surface area contributed by atoms with Gasteiger partial charge in [0.2, 0.25) is 11.8 Å². The van der Waals surface area contributed by atoms with Crippen LogP contribution in [0.4, 0.5) is 24.5 Å². The quantitative estimate of drug-likeness (QED) is 0.840. The molecule has 2 N–H and O–H groups in total. The number of aryl methyl sites for hydroxylation is 1. The number of nitrogens with one attached hydrogen (secondary N) is 2. The van der Waals surface area contributed by atoms with Crippen LogP contribution in [0.1, 0.15) is 35.4 Å². The number of hydrogen-bond donors (Lipinski definition) is 2. The molecular weight excluding hydrogens is 357 g/mol. The van der Waals surface area contributed by atoms with E-state index in [1.54, 1.807) is 24.3 Å². The van der Waals surface area contributed by atoms with E-state index in [0.717, 1.165) is 17.3 Å². The van der Waals surface area contributed by atoms with E-state index in [1.165, 1.54) is 12.1 Å². The van der Waals surface area contributed by atoms with Crippen molar-refractivity contribution in [3.63, 3.8) is 0 Å². The molecule has 4 rings (SSSR count). The summed E-state index contributed by atoms with van der Waals surface area (Å²) in [5.41, 5.74) is 1.76. The Labute approximate surface area is 153 Å². The fourth-order valence-corrected chi connectivity index (χ4v) is 3.60. The Bertz CT molecular complexity index is 924. The molecule has 1 aliphatic carbocycles. The van der Waals surface area contributed by atoms with Crippen LogP contribution in [-0.2, 0) is 22.2 Å². The summed E-state index contributed by atoms with van der Waals surface area (Å²) in [4.78, 5) is 23.9. The Morgan fingerprint density at radius 3 is 2.67 bits per heavy atom. The van der Waals surface area contributed by atoms with Gasteiger partial charge in [-0.15, -0.1) is 0 Å². The molecule has 7 heteroatoms. The van der Waals surface area contributed by atoms with E-state index in [1.807, 2.05) is 0 Å². The van der Waals surface area contributed by atoms with Crippen LogP contribution in [-0.4, -0.2) is 11.8 Å². The molecule has 2 aromatic carbocycles. The Morgan fingerprint density at radius 1 is 1.11 bits per heavy atom. The number of carbonyl (C=O) groups is 2. The van der Waals surface area contributed by atoms with E-state index >= 15 is 0 Å². The van der Waals surface area contributed by atoms with Crippen LogP contribution >= 0.6 is 0 Å². The molecule has 1 saturated carbocycles. The third-order valence-corrected chi connectivity index (χ3v) is 5.06. The molecule has 1 fully saturated rings. The van der Waals surface area contributed by atoms with E-state index in [9.17, 15) is 22.8 Å². The predicted octanol–water partition coefficient (Wildman–Crippen LogP) is 4.33. The molecule has 0 spiro atoms. The number of carbonyl (C=O) groups excluding carboxylic acids is 2. The van der Waals surface area contributed by atoms with E-state index < -0.39 is 23.6 Å². The fraction of sp³-hybridized carbons (Fsp3) is 0.300. The lowest BCUT2D eigenvalue weighted by Gasteiger charge is -2.18. The van der Waals surface area contributed by atoms with E-state index in [-0.39, 0.29) is 17.4 Å². The Kier molecular flexibility index (Phi) is 4.17. The zero-order valence-electron chi connectivity index (χ0n) is 14.3.